The van der Waals surface area contributed by atoms with Gasteiger partial charge in [0.25, 0.3) is 0 Å². The van der Waals surface area contributed by atoms with Crippen molar-refractivity contribution in [1.29, 1.82) is 0 Å². The Morgan fingerprint density at radius 2 is 2.05 bits per heavy atom. The summed E-state index contributed by atoms with van der Waals surface area (Å²) in [5.74, 6) is 0.808. The highest BCUT2D eigenvalue weighted by Crippen LogP contribution is 2.29. The van der Waals surface area contributed by atoms with Crippen LogP contribution in [0.25, 0.3) is 11.4 Å². The van der Waals surface area contributed by atoms with Gasteiger partial charge in [0.05, 0.1) is 0 Å². The molecule has 1 fully saturated rings. The summed E-state index contributed by atoms with van der Waals surface area (Å²) < 4.78 is 18.5. The molecule has 0 radical (unpaired) electrons. The first kappa shape index (κ1) is 14.2. The first-order chi connectivity index (χ1) is 10.1. The maximum absolute atomic E-state index is 13.1. The Balaban J connectivity index is 1.80. The van der Waals surface area contributed by atoms with E-state index < -0.39 is 0 Å². The molecule has 0 unspecified atom stereocenters. The first-order valence-electron chi connectivity index (χ1n) is 7.44. The summed E-state index contributed by atoms with van der Waals surface area (Å²) in [4.78, 5) is 4.43. The molecule has 0 spiro atoms. The molecule has 1 heterocycles. The van der Waals surface area contributed by atoms with E-state index in [4.69, 9.17) is 10.3 Å². The molecule has 1 saturated carbocycles. The number of rotatable bonds is 3. The van der Waals surface area contributed by atoms with Crippen LogP contribution in [-0.2, 0) is 6.42 Å². The van der Waals surface area contributed by atoms with E-state index in [1.165, 1.54) is 18.6 Å². The van der Waals surface area contributed by atoms with E-state index in [-0.39, 0.29) is 11.4 Å². The lowest BCUT2D eigenvalue weighted by molar-refractivity contribution is 0.261. The second kappa shape index (κ2) is 5.56. The highest BCUT2D eigenvalue weighted by molar-refractivity contribution is 5.59. The van der Waals surface area contributed by atoms with Crippen molar-refractivity contribution in [2.24, 2.45) is 5.73 Å². The Morgan fingerprint density at radius 3 is 2.76 bits per heavy atom. The molecule has 3 rings (SSSR count). The predicted molar refractivity (Wildman–Crippen MR) is 78.1 cm³/mol. The van der Waals surface area contributed by atoms with Crippen LogP contribution in [0, 0.1) is 12.7 Å². The highest BCUT2D eigenvalue weighted by Gasteiger charge is 2.30. The van der Waals surface area contributed by atoms with Crippen molar-refractivity contribution in [3.8, 4) is 11.4 Å². The quantitative estimate of drug-likeness (QED) is 0.940. The van der Waals surface area contributed by atoms with Gasteiger partial charge in [-0.2, -0.15) is 4.98 Å². The Labute approximate surface area is 123 Å². The summed E-state index contributed by atoms with van der Waals surface area (Å²) in [5.41, 5.74) is 7.78. The zero-order chi connectivity index (χ0) is 14.9. The van der Waals surface area contributed by atoms with Crippen LogP contribution in [0.1, 0.15) is 43.6 Å². The van der Waals surface area contributed by atoms with E-state index in [0.29, 0.717) is 18.1 Å². The second-order valence-corrected chi connectivity index (χ2v) is 6.07. The molecule has 21 heavy (non-hydrogen) atoms. The average Bonchev–Trinajstić information content (AvgIpc) is 2.87. The van der Waals surface area contributed by atoms with Gasteiger partial charge in [-0.15, -0.1) is 0 Å². The molecule has 5 heteroatoms. The second-order valence-electron chi connectivity index (χ2n) is 6.07. The summed E-state index contributed by atoms with van der Waals surface area (Å²) in [7, 11) is 0. The number of hydrogen-bond donors (Lipinski definition) is 1. The van der Waals surface area contributed by atoms with Crippen LogP contribution in [0.2, 0.25) is 0 Å². The number of hydrogen-bond acceptors (Lipinski definition) is 4. The number of halogens is 1. The summed E-state index contributed by atoms with van der Waals surface area (Å²) in [6.07, 6.45) is 6.19. The maximum Gasteiger partial charge on any atom is 0.228 e. The van der Waals surface area contributed by atoms with Crippen LogP contribution in [0.15, 0.2) is 22.7 Å². The molecule has 0 amide bonds. The fourth-order valence-electron chi connectivity index (χ4n) is 3.05. The standard InChI is InChI=1S/C16H20FN3O/c1-11-9-12(17)5-6-13(11)15-19-14(21-20-15)10-16(18)7-3-2-4-8-16/h5-6,9H,2-4,7-8,10,18H2,1H3. The lowest BCUT2D eigenvalue weighted by Crippen LogP contribution is -2.43. The van der Waals surface area contributed by atoms with Crippen molar-refractivity contribution < 1.29 is 8.91 Å². The van der Waals surface area contributed by atoms with Gasteiger partial charge in [-0.25, -0.2) is 4.39 Å². The highest BCUT2D eigenvalue weighted by atomic mass is 19.1. The monoisotopic (exact) mass is 289 g/mol. The summed E-state index contributed by atoms with van der Waals surface area (Å²) in [6.45, 7) is 1.83. The zero-order valence-corrected chi connectivity index (χ0v) is 12.2. The van der Waals surface area contributed by atoms with Crippen LogP contribution < -0.4 is 5.73 Å². The SMILES string of the molecule is Cc1cc(F)ccc1-c1noc(CC2(N)CCCCC2)n1. The molecule has 1 aliphatic rings. The van der Waals surface area contributed by atoms with E-state index in [2.05, 4.69) is 10.1 Å². The molecule has 1 aromatic carbocycles. The van der Waals surface area contributed by atoms with Gasteiger partial charge < -0.3 is 10.3 Å². The fourth-order valence-corrected chi connectivity index (χ4v) is 3.05. The normalized spacial score (nSPS) is 17.9. The third-order valence-corrected chi connectivity index (χ3v) is 4.25. The molecule has 0 aliphatic heterocycles. The topological polar surface area (TPSA) is 64.9 Å². The Hall–Kier alpha value is -1.75. The predicted octanol–water partition coefficient (Wildman–Crippen LogP) is 3.39. The van der Waals surface area contributed by atoms with E-state index in [9.17, 15) is 4.39 Å². The lowest BCUT2D eigenvalue weighted by atomic mass is 9.80. The number of aromatic nitrogens is 2. The average molecular weight is 289 g/mol. The molecule has 2 N–H and O–H groups in total. The molecule has 1 aliphatic carbocycles. The van der Waals surface area contributed by atoms with Crippen molar-refractivity contribution in [3.63, 3.8) is 0 Å². The first-order valence-corrected chi connectivity index (χ1v) is 7.44. The molecule has 2 aromatic rings. The molecule has 0 bridgehead atoms. The van der Waals surface area contributed by atoms with Gasteiger partial charge in [0.1, 0.15) is 5.82 Å². The van der Waals surface area contributed by atoms with Gasteiger partial charge >= 0.3 is 0 Å². The van der Waals surface area contributed by atoms with Gasteiger partial charge in [-0.3, -0.25) is 0 Å². The Kier molecular flexibility index (Phi) is 3.76. The van der Waals surface area contributed by atoms with E-state index in [1.807, 2.05) is 6.92 Å². The molecule has 0 saturated heterocycles. The van der Waals surface area contributed by atoms with Gasteiger partial charge in [0.2, 0.25) is 11.7 Å². The Bertz CT molecular complexity index is 632. The zero-order valence-electron chi connectivity index (χ0n) is 12.2. The molecular weight excluding hydrogens is 269 g/mol. The van der Waals surface area contributed by atoms with Crippen molar-refractivity contribution in [2.75, 3.05) is 0 Å². The lowest BCUT2D eigenvalue weighted by Gasteiger charge is -2.31. The number of aryl methyl sites for hydroxylation is 1. The third-order valence-electron chi connectivity index (χ3n) is 4.25. The molecule has 1 aromatic heterocycles. The summed E-state index contributed by atoms with van der Waals surface area (Å²) in [5, 5.41) is 4.01. The minimum Gasteiger partial charge on any atom is -0.339 e. The minimum absolute atomic E-state index is 0.222. The molecule has 0 atom stereocenters. The summed E-state index contributed by atoms with van der Waals surface area (Å²) >= 11 is 0. The van der Waals surface area contributed by atoms with Crippen LogP contribution in [-0.4, -0.2) is 15.7 Å². The summed E-state index contributed by atoms with van der Waals surface area (Å²) in [6, 6.07) is 4.55. The van der Waals surface area contributed by atoms with Crippen molar-refractivity contribution in [3.05, 3.63) is 35.5 Å². The van der Waals surface area contributed by atoms with Crippen molar-refractivity contribution >= 4 is 0 Å². The molecule has 112 valence electrons. The van der Waals surface area contributed by atoms with E-state index in [0.717, 1.165) is 36.8 Å². The Morgan fingerprint density at radius 1 is 1.29 bits per heavy atom. The van der Waals surface area contributed by atoms with Crippen LogP contribution in [0.3, 0.4) is 0 Å². The number of benzene rings is 1. The smallest absolute Gasteiger partial charge is 0.228 e. The number of nitrogens with two attached hydrogens (primary N) is 1. The maximum atomic E-state index is 13.1. The van der Waals surface area contributed by atoms with Gasteiger partial charge in [0, 0.05) is 17.5 Å². The van der Waals surface area contributed by atoms with Gasteiger partial charge in [0.15, 0.2) is 0 Å². The van der Waals surface area contributed by atoms with Gasteiger partial charge in [-0.1, -0.05) is 24.4 Å². The molecular formula is C16H20FN3O. The van der Waals surface area contributed by atoms with Gasteiger partial charge in [-0.05, 0) is 43.5 Å². The van der Waals surface area contributed by atoms with Crippen molar-refractivity contribution in [1.82, 2.24) is 10.1 Å². The number of nitrogens with zero attached hydrogens (tertiary/aromatic N) is 2. The largest absolute Gasteiger partial charge is 0.339 e. The van der Waals surface area contributed by atoms with Crippen LogP contribution in [0.5, 0.6) is 0 Å². The van der Waals surface area contributed by atoms with E-state index >= 15 is 0 Å². The van der Waals surface area contributed by atoms with E-state index in [1.54, 1.807) is 6.07 Å². The van der Waals surface area contributed by atoms with Crippen LogP contribution in [0.4, 0.5) is 4.39 Å². The van der Waals surface area contributed by atoms with Crippen LogP contribution >= 0.6 is 0 Å². The third kappa shape index (κ3) is 3.13. The minimum atomic E-state index is -0.261. The van der Waals surface area contributed by atoms with Crippen molar-refractivity contribution in [2.45, 2.75) is 51.0 Å². The fraction of sp³-hybridized carbons (Fsp3) is 0.500. The molecule has 4 nitrogen and oxygen atoms in total.